The second kappa shape index (κ2) is 4.90. The zero-order chi connectivity index (χ0) is 13.4. The van der Waals surface area contributed by atoms with Crippen LogP contribution in [0.2, 0.25) is 12.1 Å². The van der Waals surface area contributed by atoms with Crippen molar-refractivity contribution in [3.05, 3.63) is 53.1 Å². The van der Waals surface area contributed by atoms with Crippen molar-refractivity contribution in [3.8, 4) is 0 Å². The van der Waals surface area contributed by atoms with Crippen molar-refractivity contribution in [3.63, 3.8) is 0 Å². The highest BCUT2D eigenvalue weighted by molar-refractivity contribution is 6.77. The van der Waals surface area contributed by atoms with Gasteiger partial charge >= 0.3 is 0 Å². The molecule has 0 saturated heterocycles. The molecule has 0 aromatic heterocycles. The van der Waals surface area contributed by atoms with E-state index in [1.54, 1.807) is 5.17 Å². The molecule has 0 saturated carbocycles. The van der Waals surface area contributed by atoms with Crippen molar-refractivity contribution in [2.24, 2.45) is 0 Å². The molecule has 1 aliphatic rings. The van der Waals surface area contributed by atoms with Crippen LogP contribution in [0.15, 0.2) is 42.0 Å². The minimum absolute atomic E-state index is 0.381. The second-order valence-electron chi connectivity index (χ2n) is 5.26. The molecule has 2 aromatic carbocycles. The Bertz CT molecular complexity index is 699. The Balaban J connectivity index is 2.34. The summed E-state index contributed by atoms with van der Waals surface area (Å²) in [5.41, 5.74) is 4.47. The van der Waals surface area contributed by atoms with Gasteiger partial charge in [0.15, 0.2) is 0 Å². The third-order valence-corrected chi connectivity index (χ3v) is 7.28. The average Bonchev–Trinajstić information content (AvgIpc) is 2.78. The molecule has 0 nitrogen and oxygen atoms in total. The van der Waals surface area contributed by atoms with E-state index < -0.39 is 0 Å². The van der Waals surface area contributed by atoms with Gasteiger partial charge in [0, 0.05) is 8.41 Å². The lowest BCUT2D eigenvalue weighted by Gasteiger charge is -2.11. The first-order chi connectivity index (χ1) is 9.26. The monoisotopic (exact) mass is 264 g/mol. The van der Waals surface area contributed by atoms with E-state index in [9.17, 15) is 0 Å². The lowest BCUT2D eigenvalue weighted by atomic mass is 10.0. The molecule has 3 rings (SSSR count). The van der Waals surface area contributed by atoms with Crippen molar-refractivity contribution in [2.75, 3.05) is 0 Å². The molecule has 2 aromatic rings. The minimum Gasteiger partial charge on any atom is -0.0648 e. The highest BCUT2D eigenvalue weighted by atomic mass is 28.2. The fourth-order valence-electron chi connectivity index (χ4n) is 3.24. The van der Waals surface area contributed by atoms with Crippen molar-refractivity contribution >= 4 is 30.4 Å². The number of hydrogen-bond donors (Lipinski definition) is 0. The molecular formula is C18H20Si. The highest BCUT2D eigenvalue weighted by Crippen LogP contribution is 2.32. The number of fused-ring (bicyclic) bond motifs is 3. The van der Waals surface area contributed by atoms with Crippen LogP contribution in [0.3, 0.4) is 0 Å². The molecule has 0 bridgehead atoms. The van der Waals surface area contributed by atoms with Crippen LogP contribution in [-0.4, -0.2) is 13.6 Å². The summed E-state index contributed by atoms with van der Waals surface area (Å²) in [6.07, 6.45) is 2.41. The van der Waals surface area contributed by atoms with Gasteiger partial charge in [-0.3, -0.25) is 0 Å². The third-order valence-electron chi connectivity index (χ3n) is 4.20. The number of rotatable bonds is 2. The Labute approximate surface area is 117 Å². The molecule has 0 amide bonds. The van der Waals surface area contributed by atoms with Gasteiger partial charge in [0.05, 0.1) is 0 Å². The highest BCUT2D eigenvalue weighted by Gasteiger charge is 2.20. The molecule has 0 radical (unpaired) electrons. The van der Waals surface area contributed by atoms with E-state index in [0.29, 0.717) is 0 Å². The van der Waals surface area contributed by atoms with E-state index in [0.717, 1.165) is 0 Å². The van der Waals surface area contributed by atoms with Gasteiger partial charge in [-0.15, -0.1) is 0 Å². The molecule has 0 N–H and O–H groups in total. The standard InChI is InChI=1S/C18H20Si/c1-4-19(5-2)18-13(3)12-17-15-9-7-6-8-14(15)10-11-16(17)18/h6-12H,4-5H2,1-3H3. The van der Waals surface area contributed by atoms with E-state index in [1.165, 1.54) is 39.6 Å². The summed E-state index contributed by atoms with van der Waals surface area (Å²) < 4.78 is 0. The number of hydrogen-bond acceptors (Lipinski definition) is 0. The van der Waals surface area contributed by atoms with Crippen LogP contribution in [0.4, 0.5) is 0 Å². The molecule has 0 aliphatic heterocycles. The summed E-state index contributed by atoms with van der Waals surface area (Å²) in [6.45, 7) is 6.98. The first kappa shape index (κ1) is 12.6. The summed E-state index contributed by atoms with van der Waals surface area (Å²) in [4.78, 5) is 0. The maximum Gasteiger partial charge on any atom is 0.0199 e. The Morgan fingerprint density at radius 3 is 2.42 bits per heavy atom. The normalized spacial score (nSPS) is 13.6. The molecule has 0 spiro atoms. The van der Waals surface area contributed by atoms with Gasteiger partial charge in [-0.25, -0.2) is 0 Å². The summed E-state index contributed by atoms with van der Waals surface area (Å²) in [7, 11) is -0.381. The van der Waals surface area contributed by atoms with Crippen molar-refractivity contribution < 1.29 is 0 Å². The van der Waals surface area contributed by atoms with Gasteiger partial charge in [0.2, 0.25) is 0 Å². The van der Waals surface area contributed by atoms with Crippen LogP contribution in [-0.2, 0) is 0 Å². The fourth-order valence-corrected chi connectivity index (χ4v) is 5.68. The Hall–Kier alpha value is -1.47. The smallest absolute Gasteiger partial charge is 0.0199 e. The summed E-state index contributed by atoms with van der Waals surface area (Å²) >= 11 is 0. The van der Waals surface area contributed by atoms with Gasteiger partial charge in [-0.1, -0.05) is 56.3 Å². The molecule has 0 unspecified atom stereocenters. The minimum atomic E-state index is -0.381. The molecule has 1 aliphatic carbocycles. The molecule has 19 heavy (non-hydrogen) atoms. The predicted octanol–water partition coefficient (Wildman–Crippen LogP) is 4.89. The first-order valence-electron chi connectivity index (χ1n) is 7.19. The number of benzene rings is 2. The summed E-state index contributed by atoms with van der Waals surface area (Å²) in [6, 6.07) is 16.0. The van der Waals surface area contributed by atoms with Gasteiger partial charge < -0.3 is 0 Å². The van der Waals surface area contributed by atoms with E-state index in [1.807, 2.05) is 0 Å². The van der Waals surface area contributed by atoms with Gasteiger partial charge in [-0.05, 0) is 51.7 Å². The van der Waals surface area contributed by atoms with E-state index in [-0.39, 0.29) is 8.41 Å². The maximum atomic E-state index is 2.41. The van der Waals surface area contributed by atoms with Gasteiger partial charge in [0.25, 0.3) is 0 Å². The molecule has 0 fully saturated rings. The third kappa shape index (κ3) is 1.93. The van der Waals surface area contributed by atoms with E-state index >= 15 is 0 Å². The Morgan fingerprint density at radius 1 is 0.947 bits per heavy atom. The van der Waals surface area contributed by atoms with Gasteiger partial charge in [0.1, 0.15) is 0 Å². The molecule has 0 atom stereocenters. The SMILES string of the molecule is CC[Si](CC)=C1C(C)=Cc2c1ccc1ccccc21. The largest absolute Gasteiger partial charge is 0.0648 e. The van der Waals surface area contributed by atoms with Crippen LogP contribution in [0, 0.1) is 0 Å². The zero-order valence-corrected chi connectivity index (χ0v) is 13.0. The lowest BCUT2D eigenvalue weighted by molar-refractivity contribution is 1.35. The van der Waals surface area contributed by atoms with Crippen LogP contribution in [0.25, 0.3) is 16.8 Å². The fraction of sp³-hybridized carbons (Fsp3) is 0.278. The molecule has 0 heterocycles. The lowest BCUT2D eigenvalue weighted by Crippen LogP contribution is -2.15. The van der Waals surface area contributed by atoms with Crippen molar-refractivity contribution in [2.45, 2.75) is 32.9 Å². The predicted molar refractivity (Wildman–Crippen MR) is 88.4 cm³/mol. The number of allylic oxidation sites excluding steroid dienone is 1. The van der Waals surface area contributed by atoms with Crippen LogP contribution in [0.5, 0.6) is 0 Å². The average molecular weight is 264 g/mol. The Morgan fingerprint density at radius 2 is 1.68 bits per heavy atom. The molecular weight excluding hydrogens is 244 g/mol. The van der Waals surface area contributed by atoms with Crippen molar-refractivity contribution in [1.29, 1.82) is 0 Å². The molecule has 96 valence electrons. The van der Waals surface area contributed by atoms with E-state index in [2.05, 4.69) is 63.2 Å². The maximum absolute atomic E-state index is 2.41. The first-order valence-corrected chi connectivity index (χ1v) is 9.10. The zero-order valence-electron chi connectivity index (χ0n) is 12.0. The van der Waals surface area contributed by atoms with Crippen LogP contribution in [0.1, 0.15) is 31.9 Å². The van der Waals surface area contributed by atoms with Crippen molar-refractivity contribution in [1.82, 2.24) is 0 Å². The summed E-state index contributed by atoms with van der Waals surface area (Å²) in [5.74, 6) is 0. The van der Waals surface area contributed by atoms with E-state index in [4.69, 9.17) is 0 Å². The quantitative estimate of drug-likeness (QED) is 0.677. The summed E-state index contributed by atoms with van der Waals surface area (Å²) in [5, 5.41) is 4.44. The topological polar surface area (TPSA) is 0 Å². The Kier molecular flexibility index (Phi) is 3.24. The van der Waals surface area contributed by atoms with Gasteiger partial charge in [-0.2, -0.15) is 0 Å². The van der Waals surface area contributed by atoms with Crippen LogP contribution >= 0.6 is 0 Å². The molecule has 1 heteroatoms. The van der Waals surface area contributed by atoms with Crippen LogP contribution < -0.4 is 0 Å². The second-order valence-corrected chi connectivity index (χ2v) is 8.38.